The molecule has 0 saturated carbocycles. The second-order valence-electron chi connectivity index (χ2n) is 9.68. The SMILES string of the molecule is CCC(C)C(NC(=O)C(CC(N)=O)NC(=O)C(N)CCC(N)=O)C(=O)NC(Cc1c[nH]c2ccccc12)C(=O)O. The van der Waals surface area contributed by atoms with Gasteiger partial charge in [0.2, 0.25) is 29.5 Å². The number of hydrogen-bond acceptors (Lipinski definition) is 7. The molecule has 1 heterocycles. The predicted molar refractivity (Wildman–Crippen MR) is 145 cm³/mol. The van der Waals surface area contributed by atoms with E-state index in [-0.39, 0.29) is 19.3 Å². The first kappa shape index (κ1) is 31.8. The van der Waals surface area contributed by atoms with Crippen LogP contribution in [-0.4, -0.2) is 69.8 Å². The molecule has 1 aromatic carbocycles. The molecule has 40 heavy (non-hydrogen) atoms. The summed E-state index contributed by atoms with van der Waals surface area (Å²) in [6, 6.07) is 2.16. The van der Waals surface area contributed by atoms with Gasteiger partial charge in [0.1, 0.15) is 18.1 Å². The van der Waals surface area contributed by atoms with Gasteiger partial charge >= 0.3 is 5.97 Å². The Morgan fingerprint density at radius 3 is 2.17 bits per heavy atom. The topological polar surface area (TPSA) is 253 Å². The first-order valence-corrected chi connectivity index (χ1v) is 12.8. The Bertz CT molecular complexity index is 1240. The van der Waals surface area contributed by atoms with Crippen LogP contribution in [0.5, 0.6) is 0 Å². The number of carboxylic acids is 1. The summed E-state index contributed by atoms with van der Waals surface area (Å²) < 4.78 is 0. The number of aliphatic carboxylic acids is 1. The summed E-state index contributed by atoms with van der Waals surface area (Å²) >= 11 is 0. The Labute approximate surface area is 230 Å². The summed E-state index contributed by atoms with van der Waals surface area (Å²) in [5, 5.41) is 18.0. The van der Waals surface area contributed by atoms with Crippen LogP contribution in [0.3, 0.4) is 0 Å². The highest BCUT2D eigenvalue weighted by Gasteiger charge is 2.33. The highest BCUT2D eigenvalue weighted by molar-refractivity contribution is 5.96. The fourth-order valence-corrected chi connectivity index (χ4v) is 4.06. The van der Waals surface area contributed by atoms with Crippen LogP contribution in [0.1, 0.15) is 45.1 Å². The third kappa shape index (κ3) is 9.08. The van der Waals surface area contributed by atoms with Crippen molar-refractivity contribution in [3.8, 4) is 0 Å². The molecule has 5 amide bonds. The third-order valence-corrected chi connectivity index (χ3v) is 6.58. The van der Waals surface area contributed by atoms with E-state index in [1.54, 1.807) is 20.0 Å². The Kier molecular flexibility index (Phi) is 11.6. The van der Waals surface area contributed by atoms with Gasteiger partial charge in [-0.25, -0.2) is 4.79 Å². The molecule has 0 aliphatic rings. The number of carbonyl (C=O) groups excluding carboxylic acids is 5. The monoisotopic (exact) mass is 559 g/mol. The molecule has 1 aromatic heterocycles. The highest BCUT2D eigenvalue weighted by Crippen LogP contribution is 2.19. The summed E-state index contributed by atoms with van der Waals surface area (Å²) in [4.78, 5) is 76.5. The zero-order valence-electron chi connectivity index (χ0n) is 22.4. The number of nitrogens with one attached hydrogen (secondary N) is 4. The number of amides is 5. The fraction of sp³-hybridized carbons (Fsp3) is 0.462. The molecule has 0 radical (unpaired) electrons. The van der Waals surface area contributed by atoms with Gasteiger partial charge in [0, 0.05) is 29.9 Å². The number of benzene rings is 1. The Hall–Kier alpha value is -4.46. The molecule has 14 heteroatoms. The van der Waals surface area contributed by atoms with Gasteiger partial charge in [-0.3, -0.25) is 24.0 Å². The molecule has 0 bridgehead atoms. The summed E-state index contributed by atoms with van der Waals surface area (Å²) in [6.07, 6.45) is 1.25. The summed E-state index contributed by atoms with van der Waals surface area (Å²) in [5.41, 5.74) is 17.6. The Morgan fingerprint density at radius 2 is 1.57 bits per heavy atom. The van der Waals surface area contributed by atoms with E-state index < -0.39 is 72.0 Å². The number of aromatic amines is 1. The van der Waals surface area contributed by atoms with Gasteiger partial charge in [-0.1, -0.05) is 38.5 Å². The quantitative estimate of drug-likeness (QED) is 0.123. The van der Waals surface area contributed by atoms with Gasteiger partial charge in [0.15, 0.2) is 0 Å². The van der Waals surface area contributed by atoms with E-state index in [4.69, 9.17) is 17.2 Å². The minimum Gasteiger partial charge on any atom is -0.480 e. The fourth-order valence-electron chi connectivity index (χ4n) is 4.06. The number of para-hydroxylation sites is 1. The number of nitrogens with two attached hydrogens (primary N) is 3. The first-order chi connectivity index (χ1) is 18.8. The average molecular weight is 560 g/mol. The van der Waals surface area contributed by atoms with Crippen molar-refractivity contribution >= 4 is 46.4 Å². The second-order valence-corrected chi connectivity index (χ2v) is 9.68. The number of H-pyrrole nitrogens is 1. The van der Waals surface area contributed by atoms with Gasteiger partial charge < -0.3 is 43.2 Å². The molecular weight excluding hydrogens is 522 g/mol. The van der Waals surface area contributed by atoms with E-state index >= 15 is 0 Å². The van der Waals surface area contributed by atoms with Crippen molar-refractivity contribution in [2.24, 2.45) is 23.1 Å². The van der Waals surface area contributed by atoms with E-state index in [1.807, 2.05) is 24.3 Å². The van der Waals surface area contributed by atoms with Crippen LogP contribution in [0, 0.1) is 5.92 Å². The van der Waals surface area contributed by atoms with Gasteiger partial charge in [0.05, 0.1) is 12.5 Å². The van der Waals surface area contributed by atoms with Crippen LogP contribution >= 0.6 is 0 Å². The number of primary amides is 2. The lowest BCUT2D eigenvalue weighted by molar-refractivity contribution is -0.142. The van der Waals surface area contributed by atoms with Crippen LogP contribution in [0.15, 0.2) is 30.5 Å². The van der Waals surface area contributed by atoms with Gasteiger partial charge in [0.25, 0.3) is 0 Å². The standard InChI is InChI=1S/C26H37N7O7/c1-3-13(2)22(33-24(37)18(11-21(29)35)31-23(36)16(27)8-9-20(28)34)25(38)32-19(26(39)40)10-14-12-30-17-7-5-4-6-15(14)17/h4-7,12-13,16,18-19,22,30H,3,8-11,27H2,1-2H3,(H2,28,34)(H2,29,35)(H,31,36)(H,32,38)(H,33,37)(H,39,40). The summed E-state index contributed by atoms with van der Waals surface area (Å²) in [7, 11) is 0. The van der Waals surface area contributed by atoms with Crippen molar-refractivity contribution in [1.82, 2.24) is 20.9 Å². The Morgan fingerprint density at radius 1 is 0.925 bits per heavy atom. The van der Waals surface area contributed by atoms with Crippen molar-refractivity contribution in [2.45, 2.75) is 70.1 Å². The average Bonchev–Trinajstić information content (AvgIpc) is 3.31. The number of rotatable bonds is 16. The van der Waals surface area contributed by atoms with E-state index in [2.05, 4.69) is 20.9 Å². The molecule has 0 aliphatic carbocycles. The van der Waals surface area contributed by atoms with Crippen LogP contribution in [0.2, 0.25) is 0 Å². The van der Waals surface area contributed by atoms with E-state index in [0.29, 0.717) is 12.0 Å². The lowest BCUT2D eigenvalue weighted by atomic mass is 9.96. The smallest absolute Gasteiger partial charge is 0.326 e. The Balaban J connectivity index is 2.18. The molecule has 14 nitrogen and oxygen atoms in total. The van der Waals surface area contributed by atoms with Gasteiger partial charge in [-0.2, -0.15) is 0 Å². The minimum atomic E-state index is -1.47. The molecular formula is C26H37N7O7. The molecule has 2 rings (SSSR count). The second kappa shape index (κ2) is 14.6. The molecule has 0 aliphatic heterocycles. The van der Waals surface area contributed by atoms with Gasteiger partial charge in [-0.15, -0.1) is 0 Å². The molecule has 5 unspecified atom stereocenters. The predicted octanol–water partition coefficient (Wildman–Crippen LogP) is -1.24. The number of carbonyl (C=O) groups is 6. The molecule has 0 saturated heterocycles. The van der Waals surface area contributed by atoms with E-state index in [0.717, 1.165) is 10.9 Å². The van der Waals surface area contributed by atoms with Crippen LogP contribution < -0.4 is 33.2 Å². The van der Waals surface area contributed by atoms with Crippen molar-refractivity contribution in [3.63, 3.8) is 0 Å². The zero-order chi connectivity index (χ0) is 30.0. The lowest BCUT2D eigenvalue weighted by Gasteiger charge is -2.28. The van der Waals surface area contributed by atoms with Crippen molar-refractivity contribution < 1.29 is 33.9 Å². The largest absolute Gasteiger partial charge is 0.480 e. The number of carboxylic acid groups (broad SMARTS) is 1. The molecule has 5 atom stereocenters. The summed E-state index contributed by atoms with van der Waals surface area (Å²) in [6.45, 7) is 3.46. The third-order valence-electron chi connectivity index (χ3n) is 6.58. The molecule has 2 aromatic rings. The number of fused-ring (bicyclic) bond motifs is 1. The lowest BCUT2D eigenvalue weighted by Crippen LogP contribution is -2.59. The van der Waals surface area contributed by atoms with E-state index in [9.17, 15) is 33.9 Å². The van der Waals surface area contributed by atoms with Crippen molar-refractivity contribution in [2.75, 3.05) is 0 Å². The zero-order valence-corrected chi connectivity index (χ0v) is 22.4. The molecule has 0 fully saturated rings. The number of hydrogen-bond donors (Lipinski definition) is 8. The normalized spacial score (nSPS) is 14.8. The highest BCUT2D eigenvalue weighted by atomic mass is 16.4. The van der Waals surface area contributed by atoms with Gasteiger partial charge in [-0.05, 0) is 24.0 Å². The maximum Gasteiger partial charge on any atom is 0.326 e. The first-order valence-electron chi connectivity index (χ1n) is 12.8. The minimum absolute atomic E-state index is 0.0180. The molecule has 0 spiro atoms. The maximum absolute atomic E-state index is 13.3. The number of aromatic nitrogens is 1. The van der Waals surface area contributed by atoms with Crippen LogP contribution in [0.4, 0.5) is 0 Å². The maximum atomic E-state index is 13.3. The van der Waals surface area contributed by atoms with Crippen molar-refractivity contribution in [1.29, 1.82) is 0 Å². The van der Waals surface area contributed by atoms with Crippen LogP contribution in [0.25, 0.3) is 10.9 Å². The van der Waals surface area contributed by atoms with Crippen molar-refractivity contribution in [3.05, 3.63) is 36.0 Å². The molecule has 218 valence electrons. The van der Waals surface area contributed by atoms with E-state index in [1.165, 1.54) is 0 Å². The summed E-state index contributed by atoms with van der Waals surface area (Å²) in [5.74, 6) is -5.75. The van der Waals surface area contributed by atoms with Crippen LogP contribution in [-0.2, 0) is 35.2 Å². The molecule has 11 N–H and O–H groups in total.